The average Bonchev–Trinajstić information content (AvgIpc) is 3.32. The molecule has 0 aliphatic rings. The van der Waals surface area contributed by atoms with Crippen LogP contribution in [-0.2, 0) is 6.54 Å². The number of aromatic nitrogens is 3. The smallest absolute Gasteiger partial charge is 0.338 e. The van der Waals surface area contributed by atoms with Crippen LogP contribution in [0.15, 0.2) is 46.7 Å². The maximum absolute atomic E-state index is 14.3. The first-order chi connectivity index (χ1) is 18.2. The van der Waals surface area contributed by atoms with Gasteiger partial charge in [-0.05, 0) is 31.2 Å². The Bertz CT molecular complexity index is 1880. The zero-order chi connectivity index (χ0) is 27.1. The van der Waals surface area contributed by atoms with Crippen molar-refractivity contribution >= 4 is 50.0 Å². The van der Waals surface area contributed by atoms with Gasteiger partial charge in [-0.15, -0.1) is 11.3 Å². The van der Waals surface area contributed by atoms with Crippen LogP contribution >= 0.6 is 22.9 Å². The first-order valence-electron chi connectivity index (χ1n) is 11.0. The fourth-order valence-corrected chi connectivity index (χ4v) is 5.39. The molecule has 0 fully saturated rings. The Labute approximate surface area is 222 Å². The summed E-state index contributed by atoms with van der Waals surface area (Å²) in [5.74, 6) is -2.70. The molecule has 1 N–H and O–H groups in total. The predicted octanol–water partition coefficient (Wildman–Crippen LogP) is 5.56. The lowest BCUT2D eigenvalue weighted by Gasteiger charge is -2.15. The van der Waals surface area contributed by atoms with Crippen molar-refractivity contribution in [3.8, 4) is 22.9 Å². The van der Waals surface area contributed by atoms with Crippen LogP contribution in [0.2, 0.25) is 5.02 Å². The maximum atomic E-state index is 14.3. The zero-order valence-corrected chi connectivity index (χ0v) is 21.0. The number of hydrogen-bond acceptors (Lipinski definition) is 7. The fourth-order valence-electron chi connectivity index (χ4n) is 4.19. The van der Waals surface area contributed by atoms with Crippen molar-refractivity contribution in [2.45, 2.75) is 13.5 Å². The molecule has 190 valence electrons. The Morgan fingerprint density at radius 1 is 1.21 bits per heavy atom. The highest BCUT2D eigenvalue weighted by molar-refractivity contribution is 7.18. The lowest BCUT2D eigenvalue weighted by atomic mass is 10.0. The second kappa shape index (κ2) is 9.81. The summed E-state index contributed by atoms with van der Waals surface area (Å²) in [6.45, 7) is 1.42. The second-order valence-electron chi connectivity index (χ2n) is 8.15. The zero-order valence-electron chi connectivity index (χ0n) is 19.5. The highest BCUT2D eigenvalue weighted by Crippen LogP contribution is 2.39. The van der Waals surface area contributed by atoms with E-state index in [9.17, 15) is 28.7 Å². The summed E-state index contributed by atoms with van der Waals surface area (Å²) in [5.41, 5.74) is -0.0516. The van der Waals surface area contributed by atoms with E-state index in [-0.39, 0.29) is 30.1 Å². The highest BCUT2D eigenvalue weighted by Gasteiger charge is 2.20. The van der Waals surface area contributed by atoms with Gasteiger partial charge in [0.15, 0.2) is 5.82 Å². The van der Waals surface area contributed by atoms with Gasteiger partial charge in [-0.1, -0.05) is 11.6 Å². The van der Waals surface area contributed by atoms with Crippen LogP contribution in [-0.4, -0.2) is 32.2 Å². The molecule has 3 heterocycles. The molecule has 2 aromatic carbocycles. The van der Waals surface area contributed by atoms with Crippen molar-refractivity contribution in [3.63, 3.8) is 0 Å². The summed E-state index contributed by atoms with van der Waals surface area (Å²) < 4.78 is 36.2. The molecule has 0 unspecified atom stereocenters. The van der Waals surface area contributed by atoms with Crippen molar-refractivity contribution in [1.82, 2.24) is 14.5 Å². The number of halogens is 3. The van der Waals surface area contributed by atoms with Crippen LogP contribution < -0.4 is 10.3 Å². The van der Waals surface area contributed by atoms with Crippen LogP contribution in [0.1, 0.15) is 21.7 Å². The summed E-state index contributed by atoms with van der Waals surface area (Å²) in [6.07, 6.45) is 1.50. The number of carboxylic acids is 1. The minimum atomic E-state index is -1.14. The number of fused-ring (bicyclic) bond motifs is 2. The number of aryl methyl sites for hydroxylation is 1. The molecule has 5 aromatic rings. The number of aromatic carboxylic acids is 1. The third-order valence-electron chi connectivity index (χ3n) is 5.93. The van der Waals surface area contributed by atoms with Crippen LogP contribution in [0.3, 0.4) is 0 Å². The van der Waals surface area contributed by atoms with E-state index < -0.39 is 34.1 Å². The van der Waals surface area contributed by atoms with Crippen molar-refractivity contribution in [2.75, 3.05) is 6.61 Å². The van der Waals surface area contributed by atoms with Crippen molar-refractivity contribution < 1.29 is 23.4 Å². The lowest BCUT2D eigenvalue weighted by Crippen LogP contribution is -2.27. The van der Waals surface area contributed by atoms with Gasteiger partial charge in [0.25, 0.3) is 5.56 Å². The van der Waals surface area contributed by atoms with Gasteiger partial charge >= 0.3 is 5.97 Å². The van der Waals surface area contributed by atoms with Gasteiger partial charge in [-0.3, -0.25) is 14.3 Å². The van der Waals surface area contributed by atoms with E-state index in [2.05, 4.69) is 9.97 Å². The molecule has 12 heteroatoms. The molecule has 0 spiro atoms. The summed E-state index contributed by atoms with van der Waals surface area (Å²) in [4.78, 5) is 33.0. The summed E-state index contributed by atoms with van der Waals surface area (Å²) in [7, 11) is 0. The van der Waals surface area contributed by atoms with Gasteiger partial charge in [0.2, 0.25) is 0 Å². The molecule has 0 amide bonds. The van der Waals surface area contributed by atoms with Crippen molar-refractivity contribution in [1.29, 1.82) is 5.26 Å². The number of rotatable bonds is 6. The second-order valence-corrected chi connectivity index (χ2v) is 9.46. The Morgan fingerprint density at radius 3 is 2.74 bits per heavy atom. The molecule has 0 radical (unpaired) electrons. The van der Waals surface area contributed by atoms with Crippen molar-refractivity contribution in [3.05, 3.63) is 85.9 Å². The molecule has 0 aliphatic heterocycles. The minimum absolute atomic E-state index is 0.0351. The van der Waals surface area contributed by atoms with E-state index in [1.165, 1.54) is 34.4 Å². The molecule has 0 saturated heterocycles. The molecule has 3 aromatic heterocycles. The highest BCUT2D eigenvalue weighted by atomic mass is 35.5. The number of thiophene rings is 1. The number of benzene rings is 2. The maximum Gasteiger partial charge on any atom is 0.338 e. The van der Waals surface area contributed by atoms with E-state index >= 15 is 0 Å². The van der Waals surface area contributed by atoms with E-state index in [0.29, 0.717) is 38.2 Å². The number of hydrogen-bond donors (Lipinski definition) is 1. The van der Waals surface area contributed by atoms with Gasteiger partial charge in [0.1, 0.15) is 41.1 Å². The monoisotopic (exact) mass is 552 g/mol. The third-order valence-corrected chi connectivity index (χ3v) is 7.17. The largest absolute Gasteiger partial charge is 0.491 e. The number of pyridine rings is 1. The first-order valence-corrected chi connectivity index (χ1v) is 12.3. The lowest BCUT2D eigenvalue weighted by molar-refractivity contribution is 0.0699. The third kappa shape index (κ3) is 4.23. The minimum Gasteiger partial charge on any atom is -0.491 e. The summed E-state index contributed by atoms with van der Waals surface area (Å²) in [6, 6.07) is 8.80. The van der Waals surface area contributed by atoms with E-state index in [1.807, 2.05) is 0 Å². The normalized spacial score (nSPS) is 11.1. The summed E-state index contributed by atoms with van der Waals surface area (Å²) >= 11 is 7.48. The summed E-state index contributed by atoms with van der Waals surface area (Å²) in [5, 5.41) is 20.3. The molecular weight excluding hydrogens is 538 g/mol. The molecule has 0 saturated carbocycles. The number of ether oxygens (including phenoxy) is 1. The Kier molecular flexibility index (Phi) is 6.52. The molecule has 38 heavy (non-hydrogen) atoms. The Morgan fingerprint density at radius 2 is 2.00 bits per heavy atom. The fraction of sp³-hybridized carbons (Fsp3) is 0.115. The quantitative estimate of drug-likeness (QED) is 0.293. The van der Waals surface area contributed by atoms with Gasteiger partial charge in [-0.2, -0.15) is 5.26 Å². The topological polar surface area (TPSA) is 118 Å². The number of nitrogens with zero attached hydrogens (tertiary/aromatic N) is 4. The first kappa shape index (κ1) is 25.3. The average molecular weight is 553 g/mol. The van der Waals surface area contributed by atoms with Crippen LogP contribution in [0.25, 0.3) is 32.2 Å². The molecule has 8 nitrogen and oxygen atoms in total. The standard InChI is InChI=1S/C26H15ClF2N4O4S/c1-12-32-23-19(29)9-18(28)16(10-30)21(23)25(34)33(12)6-7-37-20-3-2-13(27)8-15(20)14-4-5-31-22-17(26(35)36)11-38-24(14)22/h2-5,8-9,11H,6-7H2,1H3,(H,35,36). The van der Waals surface area contributed by atoms with Crippen LogP contribution in [0.4, 0.5) is 8.78 Å². The number of carboxylic acid groups (broad SMARTS) is 1. The molecular formula is C26H15ClF2N4O4S. The number of carbonyl (C=O) groups is 1. The Balaban J connectivity index is 1.51. The SMILES string of the molecule is Cc1nc2c(F)cc(F)c(C#N)c2c(=O)n1CCOc1ccc(Cl)cc1-c1ccnc2c(C(=O)O)csc12. The molecule has 0 bridgehead atoms. The van der Waals surface area contributed by atoms with Crippen molar-refractivity contribution in [2.24, 2.45) is 0 Å². The van der Waals surface area contributed by atoms with Gasteiger partial charge in [-0.25, -0.2) is 18.6 Å². The van der Waals surface area contributed by atoms with Gasteiger partial charge < -0.3 is 9.84 Å². The van der Waals surface area contributed by atoms with E-state index in [1.54, 1.807) is 30.3 Å². The van der Waals surface area contributed by atoms with E-state index in [4.69, 9.17) is 16.3 Å². The molecule has 0 atom stereocenters. The Hall–Kier alpha value is -4.40. The molecule has 0 aliphatic carbocycles. The predicted molar refractivity (Wildman–Crippen MR) is 138 cm³/mol. The molecule has 5 rings (SSSR count). The van der Waals surface area contributed by atoms with Crippen LogP contribution in [0, 0.1) is 29.9 Å². The van der Waals surface area contributed by atoms with Gasteiger partial charge in [0.05, 0.1) is 27.7 Å². The number of nitriles is 1. The van der Waals surface area contributed by atoms with E-state index in [0.717, 1.165) is 0 Å². The van der Waals surface area contributed by atoms with Gasteiger partial charge in [0, 0.05) is 33.8 Å². The van der Waals surface area contributed by atoms with Crippen LogP contribution in [0.5, 0.6) is 5.75 Å².